The summed E-state index contributed by atoms with van der Waals surface area (Å²) < 4.78 is 40.2. The van der Waals surface area contributed by atoms with Crippen LogP contribution in [0.1, 0.15) is 17.2 Å². The Bertz CT molecular complexity index is 556. The topological polar surface area (TPSA) is 46.2 Å². The lowest BCUT2D eigenvalue weighted by atomic mass is 9.82. The van der Waals surface area contributed by atoms with Crippen LogP contribution in [0.3, 0.4) is 0 Å². The van der Waals surface area contributed by atoms with Gasteiger partial charge in [0.1, 0.15) is 0 Å². The minimum atomic E-state index is -4.89. The fourth-order valence-corrected chi connectivity index (χ4v) is 2.11. The predicted octanol–water partition coefficient (Wildman–Crippen LogP) is 3.14. The molecule has 20 heavy (non-hydrogen) atoms. The van der Waals surface area contributed by atoms with Crippen LogP contribution in [-0.2, 0) is 5.60 Å². The van der Waals surface area contributed by atoms with Crippen LogP contribution in [0.15, 0.2) is 60.7 Å². The molecule has 2 aromatic rings. The van der Waals surface area contributed by atoms with Crippen molar-refractivity contribution in [2.75, 3.05) is 0 Å². The third-order valence-corrected chi connectivity index (χ3v) is 3.25. The van der Waals surface area contributed by atoms with E-state index in [2.05, 4.69) is 0 Å². The zero-order valence-electron chi connectivity index (χ0n) is 10.5. The van der Waals surface area contributed by atoms with Crippen LogP contribution < -0.4 is 5.73 Å². The Kier molecular flexibility index (Phi) is 3.83. The molecular formula is C15H14F3NO. The first-order chi connectivity index (χ1) is 9.37. The Morgan fingerprint density at radius 2 is 1.30 bits per heavy atom. The molecule has 106 valence electrons. The number of halogens is 3. The van der Waals surface area contributed by atoms with Crippen molar-refractivity contribution in [1.29, 1.82) is 0 Å². The number of benzene rings is 2. The lowest BCUT2D eigenvalue weighted by Gasteiger charge is -2.36. The molecular weight excluding hydrogens is 267 g/mol. The Morgan fingerprint density at radius 3 is 1.75 bits per heavy atom. The summed E-state index contributed by atoms with van der Waals surface area (Å²) in [6.07, 6.45) is -4.89. The van der Waals surface area contributed by atoms with Gasteiger partial charge in [-0.25, -0.2) is 0 Å². The summed E-state index contributed by atoms with van der Waals surface area (Å²) in [4.78, 5) is 0. The largest absolute Gasteiger partial charge is 0.423 e. The van der Waals surface area contributed by atoms with Crippen LogP contribution in [0, 0.1) is 0 Å². The van der Waals surface area contributed by atoms with E-state index >= 15 is 0 Å². The van der Waals surface area contributed by atoms with Crippen LogP contribution in [0.4, 0.5) is 13.2 Å². The first kappa shape index (κ1) is 14.6. The van der Waals surface area contributed by atoms with E-state index in [0.717, 1.165) is 0 Å². The molecule has 5 heteroatoms. The maximum Gasteiger partial charge on any atom is 0.423 e. The van der Waals surface area contributed by atoms with Crippen LogP contribution in [0.25, 0.3) is 0 Å². The summed E-state index contributed by atoms with van der Waals surface area (Å²) in [7, 11) is 0. The molecule has 0 saturated heterocycles. The smallest absolute Gasteiger partial charge is 0.375 e. The molecule has 2 atom stereocenters. The second-order valence-corrected chi connectivity index (χ2v) is 4.52. The van der Waals surface area contributed by atoms with Gasteiger partial charge >= 0.3 is 6.18 Å². The molecule has 0 bridgehead atoms. The lowest BCUT2D eigenvalue weighted by Crippen LogP contribution is -2.50. The predicted molar refractivity (Wildman–Crippen MR) is 69.8 cm³/mol. The van der Waals surface area contributed by atoms with Crippen LogP contribution in [0.2, 0.25) is 0 Å². The van der Waals surface area contributed by atoms with Gasteiger partial charge in [0.05, 0.1) is 6.04 Å². The molecule has 0 amide bonds. The summed E-state index contributed by atoms with van der Waals surface area (Å²) in [5, 5.41) is 10.3. The third-order valence-electron chi connectivity index (χ3n) is 3.25. The zero-order valence-corrected chi connectivity index (χ0v) is 10.5. The van der Waals surface area contributed by atoms with Crippen molar-refractivity contribution in [3.63, 3.8) is 0 Å². The molecule has 2 nitrogen and oxygen atoms in total. The minimum Gasteiger partial charge on any atom is -0.375 e. The van der Waals surface area contributed by atoms with Gasteiger partial charge in [-0.3, -0.25) is 0 Å². The van der Waals surface area contributed by atoms with Gasteiger partial charge in [0, 0.05) is 0 Å². The summed E-state index contributed by atoms with van der Waals surface area (Å²) in [6, 6.07) is 13.0. The normalized spacial score (nSPS) is 16.4. The summed E-state index contributed by atoms with van der Waals surface area (Å²) in [6.45, 7) is 0. The molecule has 0 radical (unpaired) electrons. The van der Waals surface area contributed by atoms with Crippen molar-refractivity contribution in [3.05, 3.63) is 71.8 Å². The molecule has 0 fully saturated rings. The van der Waals surface area contributed by atoms with Crippen LogP contribution in [-0.4, -0.2) is 11.3 Å². The van der Waals surface area contributed by atoms with Crippen molar-refractivity contribution in [2.24, 2.45) is 5.73 Å². The van der Waals surface area contributed by atoms with E-state index in [1.807, 2.05) is 0 Å². The zero-order chi connectivity index (χ0) is 14.8. The molecule has 3 N–H and O–H groups in total. The van der Waals surface area contributed by atoms with Crippen molar-refractivity contribution in [3.8, 4) is 0 Å². The highest BCUT2D eigenvalue weighted by Gasteiger charge is 2.59. The van der Waals surface area contributed by atoms with Crippen LogP contribution >= 0.6 is 0 Å². The first-order valence-corrected chi connectivity index (χ1v) is 6.02. The van der Waals surface area contributed by atoms with Crippen molar-refractivity contribution >= 4 is 0 Å². The fraction of sp³-hybridized carbons (Fsp3) is 0.200. The highest BCUT2D eigenvalue weighted by atomic mass is 19.4. The SMILES string of the molecule is NC(c1ccccc1)C(O)(c1ccccc1)C(F)(F)F. The number of hydrogen-bond acceptors (Lipinski definition) is 2. The van der Waals surface area contributed by atoms with E-state index in [-0.39, 0.29) is 11.1 Å². The van der Waals surface area contributed by atoms with E-state index in [0.29, 0.717) is 0 Å². The van der Waals surface area contributed by atoms with Crippen molar-refractivity contribution < 1.29 is 18.3 Å². The van der Waals surface area contributed by atoms with E-state index in [9.17, 15) is 18.3 Å². The number of rotatable bonds is 3. The van der Waals surface area contributed by atoms with Gasteiger partial charge in [0.25, 0.3) is 0 Å². The molecule has 0 aliphatic carbocycles. The third kappa shape index (κ3) is 2.42. The van der Waals surface area contributed by atoms with Gasteiger partial charge in [-0.15, -0.1) is 0 Å². The van der Waals surface area contributed by atoms with E-state index in [4.69, 9.17) is 5.73 Å². The van der Waals surface area contributed by atoms with E-state index in [1.54, 1.807) is 24.3 Å². The second kappa shape index (κ2) is 5.26. The van der Waals surface area contributed by atoms with E-state index < -0.39 is 17.8 Å². The van der Waals surface area contributed by atoms with Crippen molar-refractivity contribution in [2.45, 2.75) is 17.8 Å². The van der Waals surface area contributed by atoms with Gasteiger partial charge in [0.15, 0.2) is 0 Å². The Hall–Kier alpha value is -1.85. The fourth-order valence-electron chi connectivity index (χ4n) is 2.11. The second-order valence-electron chi connectivity index (χ2n) is 4.52. The quantitative estimate of drug-likeness (QED) is 0.908. The number of hydrogen-bond donors (Lipinski definition) is 2. The lowest BCUT2D eigenvalue weighted by molar-refractivity contribution is -0.275. The highest BCUT2D eigenvalue weighted by Crippen LogP contribution is 2.46. The van der Waals surface area contributed by atoms with Gasteiger partial charge in [-0.05, 0) is 11.1 Å². The van der Waals surface area contributed by atoms with Gasteiger partial charge < -0.3 is 10.8 Å². The maximum absolute atomic E-state index is 13.4. The standard InChI is InChI=1S/C15H14F3NO/c16-15(17,18)14(20,12-9-5-2-6-10-12)13(19)11-7-3-1-4-8-11/h1-10,13,20H,19H2. The molecule has 2 unspecified atom stereocenters. The molecule has 0 spiro atoms. The summed E-state index contributed by atoms with van der Waals surface area (Å²) >= 11 is 0. The van der Waals surface area contributed by atoms with Crippen LogP contribution in [0.5, 0.6) is 0 Å². The molecule has 0 heterocycles. The van der Waals surface area contributed by atoms with Gasteiger partial charge in [0.2, 0.25) is 5.60 Å². The molecule has 0 saturated carbocycles. The molecule has 0 aliphatic heterocycles. The average molecular weight is 281 g/mol. The molecule has 0 aromatic heterocycles. The molecule has 0 aliphatic rings. The monoisotopic (exact) mass is 281 g/mol. The Balaban J connectivity index is 2.54. The number of aliphatic hydroxyl groups is 1. The van der Waals surface area contributed by atoms with Gasteiger partial charge in [-0.1, -0.05) is 60.7 Å². The summed E-state index contributed by atoms with van der Waals surface area (Å²) in [5.74, 6) is 0. The maximum atomic E-state index is 13.4. The highest BCUT2D eigenvalue weighted by molar-refractivity contribution is 5.32. The Morgan fingerprint density at radius 1 is 0.850 bits per heavy atom. The van der Waals surface area contributed by atoms with E-state index in [1.165, 1.54) is 36.4 Å². The molecule has 2 rings (SSSR count). The van der Waals surface area contributed by atoms with Gasteiger partial charge in [-0.2, -0.15) is 13.2 Å². The minimum absolute atomic E-state index is 0.219. The Labute approximate surface area is 114 Å². The first-order valence-electron chi connectivity index (χ1n) is 6.02. The summed E-state index contributed by atoms with van der Waals surface area (Å²) in [5.41, 5.74) is 2.54. The number of nitrogens with two attached hydrogens (primary N) is 1. The number of alkyl halides is 3. The van der Waals surface area contributed by atoms with Crippen molar-refractivity contribution in [1.82, 2.24) is 0 Å². The average Bonchev–Trinajstić information content (AvgIpc) is 2.46. The molecule has 2 aromatic carbocycles.